The Bertz CT molecular complexity index is 792. The Kier molecular flexibility index (Phi) is 6.92. The smallest absolute Gasteiger partial charge is 0.246 e. The third-order valence-corrected chi connectivity index (χ3v) is 3.84. The van der Waals surface area contributed by atoms with Gasteiger partial charge in [0.15, 0.2) is 5.96 Å². The zero-order valence-corrected chi connectivity index (χ0v) is 14.4. The third-order valence-electron chi connectivity index (χ3n) is 3.84. The highest BCUT2D eigenvalue weighted by Gasteiger charge is 2.20. The summed E-state index contributed by atoms with van der Waals surface area (Å²) < 4.78 is 0. The Morgan fingerprint density at radius 2 is 1.85 bits per heavy atom. The second-order valence-electron chi connectivity index (χ2n) is 5.86. The van der Waals surface area contributed by atoms with Gasteiger partial charge in [0.25, 0.3) is 0 Å². The maximum Gasteiger partial charge on any atom is 0.246 e. The van der Waals surface area contributed by atoms with Gasteiger partial charge in [0, 0.05) is 12.2 Å². The van der Waals surface area contributed by atoms with Crippen LogP contribution in [0.1, 0.15) is 12.8 Å². The Hall–Kier alpha value is -3.13. The number of amides is 2. The van der Waals surface area contributed by atoms with Crippen molar-refractivity contribution in [3.05, 3.63) is 42.5 Å². The molecular weight excluding hydrogens is 332 g/mol. The van der Waals surface area contributed by atoms with Crippen molar-refractivity contribution in [2.75, 3.05) is 18.4 Å². The summed E-state index contributed by atoms with van der Waals surface area (Å²) in [5.74, 6) is -0.846. The fourth-order valence-corrected chi connectivity index (χ4v) is 2.55. The van der Waals surface area contributed by atoms with E-state index in [1.54, 1.807) is 0 Å². The predicted molar refractivity (Wildman–Crippen MR) is 103 cm³/mol. The second-order valence-corrected chi connectivity index (χ2v) is 5.86. The van der Waals surface area contributed by atoms with Crippen molar-refractivity contribution in [1.82, 2.24) is 10.6 Å². The van der Waals surface area contributed by atoms with Gasteiger partial charge in [-0.05, 0) is 35.7 Å². The Labute approximate surface area is 151 Å². The van der Waals surface area contributed by atoms with E-state index in [-0.39, 0.29) is 18.4 Å². The number of hydrogen-bond acceptors (Lipinski definition) is 4. The molecule has 26 heavy (non-hydrogen) atoms. The van der Waals surface area contributed by atoms with Crippen LogP contribution in [0, 0.1) is 5.41 Å². The molecule has 8 nitrogen and oxygen atoms in total. The number of nitrogens with two attached hydrogens (primary N) is 2. The molecule has 2 aromatic rings. The fourth-order valence-electron chi connectivity index (χ4n) is 2.55. The highest BCUT2D eigenvalue weighted by Crippen LogP contribution is 2.19. The molecule has 0 aliphatic carbocycles. The number of hydrogen-bond donors (Lipinski definition) is 6. The quantitative estimate of drug-likeness (QED) is 0.231. The molecule has 0 saturated heterocycles. The van der Waals surface area contributed by atoms with Crippen molar-refractivity contribution >= 4 is 34.2 Å². The second kappa shape index (κ2) is 9.38. The highest BCUT2D eigenvalue weighted by atomic mass is 16.2. The van der Waals surface area contributed by atoms with Crippen molar-refractivity contribution in [3.63, 3.8) is 0 Å². The van der Waals surface area contributed by atoms with Gasteiger partial charge < -0.3 is 27.4 Å². The monoisotopic (exact) mass is 356 g/mol. The number of nitrogens with one attached hydrogen (secondary N) is 4. The maximum atomic E-state index is 12.6. The number of benzene rings is 2. The first-order chi connectivity index (χ1) is 12.5. The summed E-state index contributed by atoms with van der Waals surface area (Å²) in [6, 6.07) is 12.8. The molecule has 0 fully saturated rings. The molecule has 1 atom stereocenters. The number of anilines is 1. The topological polar surface area (TPSA) is 146 Å². The molecule has 0 aliphatic rings. The minimum Gasteiger partial charge on any atom is -0.370 e. The Morgan fingerprint density at radius 3 is 2.54 bits per heavy atom. The lowest BCUT2D eigenvalue weighted by Crippen LogP contribution is -2.46. The lowest BCUT2D eigenvalue weighted by atomic mass is 10.1. The summed E-state index contributed by atoms with van der Waals surface area (Å²) in [6.45, 7) is 0.249. The summed E-state index contributed by atoms with van der Waals surface area (Å²) >= 11 is 0. The van der Waals surface area contributed by atoms with E-state index in [1.807, 2.05) is 42.5 Å². The van der Waals surface area contributed by atoms with Gasteiger partial charge in [0.05, 0.1) is 6.54 Å². The van der Waals surface area contributed by atoms with Crippen LogP contribution in [0.15, 0.2) is 42.5 Å². The molecule has 138 valence electrons. The van der Waals surface area contributed by atoms with Crippen LogP contribution < -0.4 is 27.4 Å². The average Bonchev–Trinajstić information content (AvgIpc) is 2.63. The van der Waals surface area contributed by atoms with Crippen LogP contribution in [0.2, 0.25) is 0 Å². The van der Waals surface area contributed by atoms with Gasteiger partial charge in [0.2, 0.25) is 11.8 Å². The number of carbonyl (C=O) groups excluding carboxylic acids is 2. The summed E-state index contributed by atoms with van der Waals surface area (Å²) in [7, 11) is 0. The van der Waals surface area contributed by atoms with E-state index in [1.165, 1.54) is 0 Å². The molecular formula is C18H24N6O2. The van der Waals surface area contributed by atoms with E-state index in [2.05, 4.69) is 16.0 Å². The van der Waals surface area contributed by atoms with Crippen molar-refractivity contribution in [2.45, 2.75) is 18.9 Å². The van der Waals surface area contributed by atoms with Gasteiger partial charge >= 0.3 is 0 Å². The summed E-state index contributed by atoms with van der Waals surface area (Å²) in [6.07, 6.45) is 0.950. The van der Waals surface area contributed by atoms with Crippen LogP contribution in [0.3, 0.4) is 0 Å². The van der Waals surface area contributed by atoms with E-state index < -0.39 is 11.9 Å². The van der Waals surface area contributed by atoms with E-state index in [9.17, 15) is 9.59 Å². The summed E-state index contributed by atoms with van der Waals surface area (Å²) in [4.78, 5) is 24.2. The van der Waals surface area contributed by atoms with E-state index in [4.69, 9.17) is 16.9 Å². The first-order valence-electron chi connectivity index (χ1n) is 8.36. The molecule has 2 rings (SSSR count). The standard InChI is InChI=1S/C18H24N6O2/c19-11-16(25)24-15(6-3-9-22-18(20)21)17(26)23-14-8-7-12-4-1-2-5-13(12)10-14/h1-2,4-5,7-8,10,15H,3,6,9,11,19H2,(H,23,26)(H,24,25)(H4,20,21,22)/t15-/m0/s1. The van der Waals surface area contributed by atoms with Crippen molar-refractivity contribution in [3.8, 4) is 0 Å². The molecule has 8 N–H and O–H groups in total. The van der Waals surface area contributed by atoms with Crippen LogP contribution >= 0.6 is 0 Å². The van der Waals surface area contributed by atoms with Crippen LogP contribution in [-0.4, -0.2) is 36.9 Å². The van der Waals surface area contributed by atoms with Crippen molar-refractivity contribution in [1.29, 1.82) is 5.41 Å². The molecule has 0 spiro atoms. The van der Waals surface area contributed by atoms with Crippen LogP contribution in [0.25, 0.3) is 10.8 Å². The fraction of sp³-hybridized carbons (Fsp3) is 0.278. The van der Waals surface area contributed by atoms with Crippen LogP contribution in [0.5, 0.6) is 0 Å². The van der Waals surface area contributed by atoms with E-state index >= 15 is 0 Å². The molecule has 0 bridgehead atoms. The van der Waals surface area contributed by atoms with Gasteiger partial charge in [0.1, 0.15) is 6.04 Å². The average molecular weight is 356 g/mol. The number of guanidine groups is 1. The normalized spacial score (nSPS) is 11.6. The highest BCUT2D eigenvalue weighted by molar-refractivity contribution is 5.99. The van der Waals surface area contributed by atoms with Crippen molar-refractivity contribution < 1.29 is 9.59 Å². The molecule has 0 unspecified atom stereocenters. The molecule has 2 amide bonds. The minimum absolute atomic E-state index is 0.131. The Morgan fingerprint density at radius 1 is 1.12 bits per heavy atom. The number of fused-ring (bicyclic) bond motifs is 1. The van der Waals surface area contributed by atoms with Gasteiger partial charge in [-0.3, -0.25) is 15.0 Å². The lowest BCUT2D eigenvalue weighted by molar-refractivity contribution is -0.125. The summed E-state index contributed by atoms with van der Waals surface area (Å²) in [5.41, 5.74) is 11.2. The number of rotatable bonds is 8. The number of carbonyl (C=O) groups is 2. The van der Waals surface area contributed by atoms with E-state index in [0.29, 0.717) is 25.1 Å². The first-order valence-corrected chi connectivity index (χ1v) is 8.36. The minimum atomic E-state index is -0.716. The van der Waals surface area contributed by atoms with Gasteiger partial charge in [-0.2, -0.15) is 0 Å². The molecule has 0 heterocycles. The molecule has 0 radical (unpaired) electrons. The zero-order chi connectivity index (χ0) is 18.9. The molecule has 2 aromatic carbocycles. The summed E-state index contributed by atoms with van der Waals surface area (Å²) in [5, 5.41) is 17.3. The van der Waals surface area contributed by atoms with E-state index in [0.717, 1.165) is 10.8 Å². The molecule has 0 aliphatic heterocycles. The van der Waals surface area contributed by atoms with Crippen LogP contribution in [0.4, 0.5) is 5.69 Å². The molecule has 0 saturated carbocycles. The van der Waals surface area contributed by atoms with Gasteiger partial charge in [-0.15, -0.1) is 0 Å². The zero-order valence-electron chi connectivity index (χ0n) is 14.4. The van der Waals surface area contributed by atoms with Crippen LogP contribution in [-0.2, 0) is 9.59 Å². The molecule has 8 heteroatoms. The largest absolute Gasteiger partial charge is 0.370 e. The lowest BCUT2D eigenvalue weighted by Gasteiger charge is -2.18. The molecule has 0 aromatic heterocycles. The first kappa shape index (κ1) is 19.2. The van der Waals surface area contributed by atoms with Crippen molar-refractivity contribution in [2.24, 2.45) is 11.5 Å². The maximum absolute atomic E-state index is 12.6. The van der Waals surface area contributed by atoms with Gasteiger partial charge in [-0.1, -0.05) is 30.3 Å². The van der Waals surface area contributed by atoms with Gasteiger partial charge in [-0.25, -0.2) is 0 Å². The predicted octanol–water partition coefficient (Wildman–Crippen LogP) is 0.485. The SMILES string of the molecule is N=C(N)NCCC[C@H](NC(=O)CN)C(=O)Nc1ccc2ccccc2c1. The Balaban J connectivity index is 2.02. The third kappa shape index (κ3) is 5.75.